The summed E-state index contributed by atoms with van der Waals surface area (Å²) >= 11 is 0. The van der Waals surface area contributed by atoms with E-state index in [1.165, 1.54) is 5.57 Å². The predicted octanol–water partition coefficient (Wildman–Crippen LogP) is 3.77. The van der Waals surface area contributed by atoms with Crippen molar-refractivity contribution in [3.8, 4) is 5.75 Å². The van der Waals surface area contributed by atoms with Gasteiger partial charge in [0.2, 0.25) is 0 Å². The number of fused-ring (bicyclic) bond motifs is 1. The van der Waals surface area contributed by atoms with Gasteiger partial charge in [-0.15, -0.1) is 0 Å². The van der Waals surface area contributed by atoms with Crippen molar-refractivity contribution in [2.24, 2.45) is 0 Å². The number of rotatable bonds is 4. The molecule has 2 aromatic rings. The van der Waals surface area contributed by atoms with E-state index in [2.05, 4.69) is 35.8 Å². The van der Waals surface area contributed by atoms with Crippen LogP contribution < -0.4 is 15.4 Å². The first-order valence-electron chi connectivity index (χ1n) is 9.81. The summed E-state index contributed by atoms with van der Waals surface area (Å²) in [7, 11) is 0. The zero-order chi connectivity index (χ0) is 18.7. The van der Waals surface area contributed by atoms with Crippen LogP contribution in [0.5, 0.6) is 5.75 Å². The van der Waals surface area contributed by atoms with Crippen molar-refractivity contribution in [2.75, 3.05) is 19.6 Å². The molecule has 2 aliphatic heterocycles. The van der Waals surface area contributed by atoms with Crippen molar-refractivity contribution in [3.05, 3.63) is 71.3 Å². The van der Waals surface area contributed by atoms with Crippen LogP contribution in [0.2, 0.25) is 0 Å². The minimum atomic E-state index is -0.244. The number of hydrogen-bond donors (Lipinski definition) is 2. The number of nitrogens with one attached hydrogen (secondary N) is 2. The molecule has 2 aromatic carbocycles. The molecule has 1 fully saturated rings. The van der Waals surface area contributed by atoms with Crippen LogP contribution in [0.3, 0.4) is 0 Å². The Hall–Kier alpha value is -2.59. The molecular weight excluding hydrogens is 336 g/mol. The lowest BCUT2D eigenvalue weighted by Crippen LogP contribution is -2.46. The zero-order valence-electron chi connectivity index (χ0n) is 15.8. The Morgan fingerprint density at radius 1 is 1.11 bits per heavy atom. The third-order valence-electron chi connectivity index (χ3n) is 5.34. The molecule has 0 bridgehead atoms. The molecule has 0 aromatic heterocycles. The van der Waals surface area contributed by atoms with E-state index in [1.54, 1.807) is 0 Å². The Morgan fingerprint density at radius 3 is 2.59 bits per heavy atom. The van der Waals surface area contributed by atoms with Gasteiger partial charge in [0.05, 0.1) is 0 Å². The van der Waals surface area contributed by atoms with Gasteiger partial charge >= 0.3 is 0 Å². The summed E-state index contributed by atoms with van der Waals surface area (Å²) in [5, 5.41) is 6.35. The maximum absolute atomic E-state index is 12.2. The van der Waals surface area contributed by atoms with Crippen LogP contribution in [-0.4, -0.2) is 31.1 Å². The van der Waals surface area contributed by atoms with Crippen molar-refractivity contribution >= 4 is 11.5 Å². The summed E-state index contributed by atoms with van der Waals surface area (Å²) < 4.78 is 6.44. The molecule has 1 spiro atoms. The van der Waals surface area contributed by atoms with Crippen LogP contribution in [0.4, 0.5) is 0 Å². The second-order valence-electron chi connectivity index (χ2n) is 7.30. The minimum absolute atomic E-state index is 0.0143. The van der Waals surface area contributed by atoms with Gasteiger partial charge < -0.3 is 15.4 Å². The molecule has 140 valence electrons. The summed E-state index contributed by atoms with van der Waals surface area (Å²) in [5.74, 6) is 0.932. The van der Waals surface area contributed by atoms with Crippen LogP contribution in [0.15, 0.2) is 54.6 Å². The van der Waals surface area contributed by atoms with E-state index >= 15 is 0 Å². The SMILES string of the molecule is CCCNC(=O)c1ccc(C2=CC3(CCNCC3)Oc3ccccc32)cc1. The van der Waals surface area contributed by atoms with Crippen molar-refractivity contribution in [3.63, 3.8) is 0 Å². The summed E-state index contributed by atoms with van der Waals surface area (Å²) in [5.41, 5.74) is 3.89. The fraction of sp³-hybridized carbons (Fsp3) is 0.348. The van der Waals surface area contributed by atoms with E-state index in [9.17, 15) is 4.79 Å². The lowest BCUT2D eigenvalue weighted by molar-refractivity contribution is 0.0817. The molecule has 0 saturated carbocycles. The highest BCUT2D eigenvalue weighted by atomic mass is 16.5. The largest absolute Gasteiger partial charge is 0.482 e. The average Bonchev–Trinajstić information content (AvgIpc) is 2.72. The number of piperidine rings is 1. The minimum Gasteiger partial charge on any atom is -0.482 e. The average molecular weight is 362 g/mol. The number of carbonyl (C=O) groups is 1. The predicted molar refractivity (Wildman–Crippen MR) is 108 cm³/mol. The molecule has 0 aliphatic carbocycles. The van der Waals surface area contributed by atoms with E-state index in [0.29, 0.717) is 12.1 Å². The molecule has 4 heteroatoms. The maximum atomic E-state index is 12.2. The van der Waals surface area contributed by atoms with Crippen LogP contribution in [0.1, 0.15) is 47.7 Å². The molecule has 2 aliphatic rings. The Balaban J connectivity index is 1.68. The van der Waals surface area contributed by atoms with Gasteiger partial charge in [0.1, 0.15) is 11.4 Å². The number of para-hydroxylation sites is 1. The first kappa shape index (κ1) is 17.8. The molecule has 27 heavy (non-hydrogen) atoms. The standard InChI is InChI=1S/C23H26N2O2/c1-2-13-25-22(26)18-9-7-17(8-10-18)20-16-23(11-14-24-15-12-23)27-21-6-4-3-5-19(20)21/h3-10,16,24H,2,11-15H2,1H3,(H,25,26). The van der Waals surface area contributed by atoms with Crippen LogP contribution in [-0.2, 0) is 0 Å². The summed E-state index contributed by atoms with van der Waals surface area (Å²) in [6.45, 7) is 4.67. The first-order chi connectivity index (χ1) is 13.2. The quantitative estimate of drug-likeness (QED) is 0.870. The van der Waals surface area contributed by atoms with Crippen molar-refractivity contribution in [1.29, 1.82) is 0 Å². The van der Waals surface area contributed by atoms with Gasteiger partial charge in [-0.05, 0) is 54.9 Å². The third kappa shape index (κ3) is 3.62. The second-order valence-corrected chi connectivity index (χ2v) is 7.30. The second kappa shape index (κ2) is 7.57. The van der Waals surface area contributed by atoms with Gasteiger partial charge in [0, 0.05) is 30.5 Å². The van der Waals surface area contributed by atoms with Gasteiger partial charge in [0.25, 0.3) is 5.91 Å². The lowest BCUT2D eigenvalue weighted by Gasteiger charge is -2.40. The third-order valence-corrected chi connectivity index (χ3v) is 5.34. The maximum Gasteiger partial charge on any atom is 0.251 e. The van der Waals surface area contributed by atoms with Crippen LogP contribution >= 0.6 is 0 Å². The number of carbonyl (C=O) groups excluding carboxylic acids is 1. The summed E-state index contributed by atoms with van der Waals surface area (Å²) in [6, 6.07) is 16.1. The fourth-order valence-electron chi connectivity index (χ4n) is 3.84. The monoisotopic (exact) mass is 362 g/mol. The molecule has 1 saturated heterocycles. The van der Waals surface area contributed by atoms with Crippen molar-refractivity contribution in [1.82, 2.24) is 10.6 Å². The Labute approximate surface area is 160 Å². The molecule has 0 atom stereocenters. The van der Waals surface area contributed by atoms with E-state index in [4.69, 9.17) is 4.74 Å². The molecular formula is C23H26N2O2. The molecule has 2 heterocycles. The Bertz CT molecular complexity index is 849. The lowest BCUT2D eigenvalue weighted by atomic mass is 9.83. The Kier molecular flexibility index (Phi) is 4.99. The smallest absolute Gasteiger partial charge is 0.251 e. The Morgan fingerprint density at radius 2 is 1.85 bits per heavy atom. The van der Waals surface area contributed by atoms with E-state index in [0.717, 1.165) is 49.2 Å². The molecule has 1 amide bonds. The molecule has 0 radical (unpaired) electrons. The van der Waals surface area contributed by atoms with Crippen molar-refractivity contribution in [2.45, 2.75) is 31.8 Å². The van der Waals surface area contributed by atoms with Gasteiger partial charge in [-0.1, -0.05) is 37.3 Å². The number of benzene rings is 2. The normalized spacial score (nSPS) is 17.6. The van der Waals surface area contributed by atoms with Crippen LogP contribution in [0.25, 0.3) is 5.57 Å². The topological polar surface area (TPSA) is 50.4 Å². The van der Waals surface area contributed by atoms with Gasteiger partial charge in [-0.25, -0.2) is 0 Å². The van der Waals surface area contributed by atoms with Gasteiger partial charge in [-0.3, -0.25) is 4.79 Å². The van der Waals surface area contributed by atoms with Gasteiger partial charge in [0.15, 0.2) is 0 Å². The number of ether oxygens (including phenoxy) is 1. The van der Waals surface area contributed by atoms with Gasteiger partial charge in [-0.2, -0.15) is 0 Å². The number of hydrogen-bond acceptors (Lipinski definition) is 3. The fourth-order valence-corrected chi connectivity index (χ4v) is 3.84. The first-order valence-corrected chi connectivity index (χ1v) is 9.81. The highest BCUT2D eigenvalue weighted by Crippen LogP contribution is 2.42. The van der Waals surface area contributed by atoms with E-state index < -0.39 is 0 Å². The van der Waals surface area contributed by atoms with Crippen LogP contribution in [0, 0.1) is 0 Å². The molecule has 2 N–H and O–H groups in total. The highest BCUT2D eigenvalue weighted by Gasteiger charge is 2.36. The molecule has 0 unspecified atom stereocenters. The summed E-state index contributed by atoms with van der Waals surface area (Å²) in [6.07, 6.45) is 5.15. The molecule has 4 rings (SSSR count). The van der Waals surface area contributed by atoms with Crippen molar-refractivity contribution < 1.29 is 9.53 Å². The summed E-state index contributed by atoms with van der Waals surface area (Å²) in [4.78, 5) is 12.2. The van der Waals surface area contributed by atoms with E-state index in [1.807, 2.05) is 36.4 Å². The number of amides is 1. The zero-order valence-corrected chi connectivity index (χ0v) is 15.8. The van der Waals surface area contributed by atoms with E-state index in [-0.39, 0.29) is 11.5 Å². The highest BCUT2D eigenvalue weighted by molar-refractivity contribution is 5.95. The molecule has 4 nitrogen and oxygen atoms in total.